The first-order valence-electron chi connectivity index (χ1n) is 13.0. The van der Waals surface area contributed by atoms with E-state index in [-0.39, 0.29) is 34.8 Å². The van der Waals surface area contributed by atoms with Crippen LogP contribution in [0.1, 0.15) is 86.5 Å². The summed E-state index contributed by atoms with van der Waals surface area (Å²) < 4.78 is 32.3. The van der Waals surface area contributed by atoms with Gasteiger partial charge in [0.2, 0.25) is 17.7 Å². The third kappa shape index (κ3) is 6.07. The summed E-state index contributed by atoms with van der Waals surface area (Å²) >= 11 is 0. The van der Waals surface area contributed by atoms with Crippen LogP contribution in [-0.2, 0) is 28.6 Å². The molecule has 0 spiro atoms. The van der Waals surface area contributed by atoms with Crippen LogP contribution in [0, 0.1) is 5.92 Å². The minimum Gasteiger partial charge on any atom is -0.463 e. The highest BCUT2D eigenvalue weighted by molar-refractivity contribution is 5.94. The molecule has 3 aromatic rings. The molecule has 6 heterocycles. The minimum absolute atomic E-state index is 0.184. The summed E-state index contributed by atoms with van der Waals surface area (Å²) in [5, 5.41) is 7.70. The van der Waals surface area contributed by atoms with Crippen molar-refractivity contribution in [2.24, 2.45) is 5.92 Å². The second kappa shape index (κ2) is 11.4. The maximum atomic E-state index is 13.1. The molecule has 0 unspecified atom stereocenters. The van der Waals surface area contributed by atoms with E-state index in [2.05, 4.69) is 30.9 Å². The first-order valence-corrected chi connectivity index (χ1v) is 13.0. The molecule has 3 N–H and O–H groups in total. The highest BCUT2D eigenvalue weighted by Gasteiger charge is 2.33. The summed E-state index contributed by atoms with van der Waals surface area (Å²) in [5.41, 5.74) is -0.745. The number of esters is 3. The molecule has 0 aliphatic carbocycles. The second-order valence-electron chi connectivity index (χ2n) is 9.82. The minimum atomic E-state index is -1.20. The van der Waals surface area contributed by atoms with Crippen LogP contribution in [-0.4, -0.2) is 70.4 Å². The van der Waals surface area contributed by atoms with Crippen molar-refractivity contribution in [2.75, 3.05) is 19.8 Å². The Morgan fingerprint density at radius 3 is 1.12 bits per heavy atom. The topological polar surface area (TPSA) is 244 Å². The predicted molar refractivity (Wildman–Crippen MR) is 130 cm³/mol. The van der Waals surface area contributed by atoms with Gasteiger partial charge in [-0.2, -0.15) is 0 Å². The van der Waals surface area contributed by atoms with Gasteiger partial charge in [0, 0.05) is 19.3 Å². The largest absolute Gasteiger partial charge is 0.463 e. The molecule has 224 valence electrons. The lowest BCUT2D eigenvalue weighted by atomic mass is 9.97. The summed E-state index contributed by atoms with van der Waals surface area (Å²) in [5.74, 6) is -6.37. The Kier molecular flexibility index (Phi) is 7.31. The van der Waals surface area contributed by atoms with Crippen LogP contribution in [0.15, 0.2) is 32.0 Å². The van der Waals surface area contributed by atoms with Gasteiger partial charge in [-0.25, -0.2) is 15.0 Å². The van der Waals surface area contributed by atoms with Gasteiger partial charge in [-0.15, -0.1) is 0 Å². The van der Waals surface area contributed by atoms with Crippen molar-refractivity contribution in [3.05, 3.63) is 53.5 Å². The lowest BCUT2D eigenvalue weighted by molar-refractivity contribution is -0.151. The van der Waals surface area contributed by atoms with E-state index in [0.717, 1.165) is 18.8 Å². The highest BCUT2D eigenvalue weighted by atomic mass is 16.5. The number of hydrogen-bond acceptors (Lipinski definition) is 15. The van der Waals surface area contributed by atoms with Gasteiger partial charge < -0.3 is 43.4 Å². The molecule has 3 atom stereocenters. The van der Waals surface area contributed by atoms with E-state index in [0.29, 0.717) is 0 Å². The Morgan fingerprint density at radius 2 is 0.814 bits per heavy atom. The van der Waals surface area contributed by atoms with Crippen LogP contribution in [0.3, 0.4) is 0 Å². The predicted octanol–water partition coefficient (Wildman–Crippen LogP) is -0.179. The molecule has 0 saturated carbocycles. The van der Waals surface area contributed by atoms with Gasteiger partial charge >= 0.3 is 17.9 Å². The molecule has 3 aliphatic rings. The standard InChI is InChI=1S/C25H22N6O12/c32-17-1-10-2-18(33)39-8-15-24-30-11(5-42-24)20(35)26-14(7-38-17)23-29-12(4-41-23)21(36)27-16(9-40-19(34)3-10)25-31-13(6-43-25)22(37)28-15/h4-6,10,14-16H,1-3,7-9H2,(H,26,35)(H,27,36)(H,28,37)/t10?,14-,15-,16-/m0/s1. The summed E-state index contributed by atoms with van der Waals surface area (Å²) in [6, 6.07) is -3.61. The second-order valence-corrected chi connectivity index (χ2v) is 9.82. The molecular weight excluding hydrogens is 576 g/mol. The van der Waals surface area contributed by atoms with E-state index in [1.165, 1.54) is 0 Å². The molecule has 3 aromatic heterocycles. The lowest BCUT2D eigenvalue weighted by Gasteiger charge is -2.20. The fraction of sp³-hybridized carbons (Fsp3) is 0.400. The lowest BCUT2D eigenvalue weighted by Crippen LogP contribution is -2.36. The molecule has 0 saturated heterocycles. The van der Waals surface area contributed by atoms with Crippen molar-refractivity contribution >= 4 is 35.6 Å². The molecule has 0 aromatic carbocycles. The molecule has 3 amide bonds. The van der Waals surface area contributed by atoms with Gasteiger partial charge in [-0.1, -0.05) is 0 Å². The summed E-state index contributed by atoms with van der Waals surface area (Å²) in [7, 11) is 0. The van der Waals surface area contributed by atoms with Gasteiger partial charge in [0.1, 0.15) is 56.7 Å². The van der Waals surface area contributed by atoms with Crippen molar-refractivity contribution in [3.63, 3.8) is 0 Å². The first kappa shape index (κ1) is 27.6. The van der Waals surface area contributed by atoms with Gasteiger partial charge in [-0.05, 0) is 5.92 Å². The fourth-order valence-electron chi connectivity index (χ4n) is 4.51. The van der Waals surface area contributed by atoms with Crippen LogP contribution in [0.5, 0.6) is 0 Å². The van der Waals surface area contributed by atoms with Gasteiger partial charge in [0.05, 0.1) is 0 Å². The van der Waals surface area contributed by atoms with Crippen molar-refractivity contribution in [3.8, 4) is 0 Å². The zero-order valence-corrected chi connectivity index (χ0v) is 22.0. The molecule has 0 fully saturated rings. The third-order valence-electron chi connectivity index (χ3n) is 6.67. The van der Waals surface area contributed by atoms with E-state index in [9.17, 15) is 28.8 Å². The van der Waals surface area contributed by atoms with Crippen molar-refractivity contribution < 1.29 is 56.2 Å². The summed E-state index contributed by atoms with van der Waals surface area (Å²) in [4.78, 5) is 90.2. The number of hydrogen-bond donors (Lipinski definition) is 3. The number of ether oxygens (including phenoxy) is 3. The zero-order valence-electron chi connectivity index (χ0n) is 22.0. The van der Waals surface area contributed by atoms with Crippen LogP contribution in [0.2, 0.25) is 0 Å². The number of carbonyl (C=O) groups is 6. The first-order chi connectivity index (χ1) is 20.7. The SMILES string of the molecule is O=C1CC2CC(=O)OC[C@@H]3NC(=O)c4coc(n4)[C@H](COC(=O)C2)NC(=O)c2coc(n2)[C@H](CO1)NC(=O)c1coc3n1. The van der Waals surface area contributed by atoms with Crippen LogP contribution in [0.25, 0.3) is 0 Å². The van der Waals surface area contributed by atoms with Gasteiger partial charge in [0.25, 0.3) is 17.7 Å². The fourth-order valence-corrected chi connectivity index (χ4v) is 4.51. The van der Waals surface area contributed by atoms with E-state index in [1.807, 2.05) is 0 Å². The third-order valence-corrected chi connectivity index (χ3v) is 6.67. The van der Waals surface area contributed by atoms with Crippen molar-refractivity contribution in [2.45, 2.75) is 37.4 Å². The Labute approximate surface area is 239 Å². The van der Waals surface area contributed by atoms with Crippen LogP contribution >= 0.6 is 0 Å². The highest BCUT2D eigenvalue weighted by Crippen LogP contribution is 2.24. The van der Waals surface area contributed by atoms with Crippen molar-refractivity contribution in [1.82, 2.24) is 30.9 Å². The Balaban J connectivity index is 1.50. The molecule has 6 rings (SSSR count). The summed E-state index contributed by atoms with van der Waals surface area (Å²) in [6.07, 6.45) is 1.82. The van der Waals surface area contributed by atoms with Crippen LogP contribution in [0.4, 0.5) is 0 Å². The van der Waals surface area contributed by atoms with E-state index in [1.54, 1.807) is 0 Å². The number of nitrogens with one attached hydrogen (secondary N) is 3. The zero-order chi connectivity index (χ0) is 30.1. The maximum absolute atomic E-state index is 13.1. The molecule has 0 radical (unpaired) electrons. The molecule has 10 bridgehead atoms. The number of amides is 3. The number of aromatic nitrogens is 3. The average Bonchev–Trinajstić information content (AvgIpc) is 3.75. The number of nitrogens with zero attached hydrogens (tertiary/aromatic N) is 3. The quantitative estimate of drug-likeness (QED) is 0.224. The Morgan fingerprint density at radius 1 is 0.512 bits per heavy atom. The number of oxazole rings is 3. The molecule has 18 heteroatoms. The smallest absolute Gasteiger partial charge is 0.306 e. The van der Waals surface area contributed by atoms with E-state index >= 15 is 0 Å². The van der Waals surface area contributed by atoms with Crippen molar-refractivity contribution in [1.29, 1.82) is 0 Å². The number of fused-ring (bicyclic) bond motifs is 21. The molecule has 43 heavy (non-hydrogen) atoms. The number of rotatable bonds is 0. The molecule has 18 nitrogen and oxygen atoms in total. The van der Waals surface area contributed by atoms with Gasteiger partial charge in [-0.3, -0.25) is 28.8 Å². The summed E-state index contributed by atoms with van der Waals surface area (Å²) in [6.45, 7) is -1.50. The van der Waals surface area contributed by atoms with E-state index in [4.69, 9.17) is 27.5 Å². The normalized spacial score (nSPS) is 25.1. The van der Waals surface area contributed by atoms with Crippen LogP contribution < -0.4 is 16.0 Å². The Bertz CT molecular complexity index is 1420. The number of carbonyl (C=O) groups excluding carboxylic acids is 6. The molecular formula is C25H22N6O12. The van der Waals surface area contributed by atoms with E-state index < -0.39 is 98.8 Å². The Hall–Kier alpha value is -5.55. The van der Waals surface area contributed by atoms with Gasteiger partial charge in [0.15, 0.2) is 17.1 Å². The maximum Gasteiger partial charge on any atom is 0.306 e. The molecule has 3 aliphatic heterocycles. The average molecular weight is 598 g/mol. The monoisotopic (exact) mass is 598 g/mol.